The molecule has 0 amide bonds. The average molecular weight is 145 g/mol. The van der Waals surface area contributed by atoms with Gasteiger partial charge >= 0.3 is 0 Å². The second-order valence-corrected chi connectivity index (χ2v) is 2.77. The number of nitriles is 1. The van der Waals surface area contributed by atoms with Crippen LogP contribution in [0.5, 0.6) is 0 Å². The van der Waals surface area contributed by atoms with Crippen LogP contribution in [0.15, 0.2) is 0 Å². The highest BCUT2D eigenvalue weighted by Gasteiger charge is 1.98. The van der Waals surface area contributed by atoms with Gasteiger partial charge in [-0.3, -0.25) is 0 Å². The number of rotatable bonds is 4. The molecule has 0 aromatic rings. The molecule has 3 heteroatoms. The van der Waals surface area contributed by atoms with Crippen LogP contribution in [0.1, 0.15) is 12.8 Å². The molecule has 0 rings (SSSR count). The van der Waals surface area contributed by atoms with E-state index in [0.29, 0.717) is 6.42 Å². The molecule has 0 aromatic carbocycles. The molecular weight excluding hydrogens is 134 g/mol. The van der Waals surface area contributed by atoms with E-state index in [9.17, 15) is 0 Å². The highest BCUT2D eigenvalue weighted by molar-refractivity contribution is 7.98. The van der Waals surface area contributed by atoms with E-state index in [0.717, 1.165) is 12.2 Å². The maximum atomic E-state index is 8.71. The summed E-state index contributed by atoms with van der Waals surface area (Å²) in [6, 6.07) is 1.77. The van der Waals surface area contributed by atoms with Crippen molar-refractivity contribution in [1.82, 2.24) is 0 Å². The number of hydrogen-bond donors (Lipinski definition) is 1. The van der Waals surface area contributed by atoms with Crippen molar-refractivity contribution in [1.29, 1.82) is 5.26 Å². The summed E-state index contributed by atoms with van der Waals surface area (Å²) in [5.41, 5.74) is 0. The first-order valence-corrected chi connectivity index (χ1v) is 4.27. The number of hydrogen-bond acceptors (Lipinski definition) is 3. The van der Waals surface area contributed by atoms with Crippen LogP contribution in [-0.2, 0) is 0 Å². The van der Waals surface area contributed by atoms with Gasteiger partial charge < -0.3 is 5.11 Å². The Balaban J connectivity index is 2.99. The van der Waals surface area contributed by atoms with E-state index >= 15 is 0 Å². The van der Waals surface area contributed by atoms with Gasteiger partial charge in [-0.2, -0.15) is 17.0 Å². The maximum Gasteiger partial charge on any atom is 0.140 e. The van der Waals surface area contributed by atoms with E-state index in [1.807, 2.05) is 6.26 Å². The number of nitrogens with zero attached hydrogens (tertiary/aromatic N) is 1. The SMILES string of the molecule is CSCCCC(O)C#N. The Bertz CT molecular complexity index is 99.7. The predicted octanol–water partition coefficient (Wildman–Crippen LogP) is 1.01. The lowest BCUT2D eigenvalue weighted by Gasteiger charge is -1.97. The minimum absolute atomic E-state index is 0.608. The summed E-state index contributed by atoms with van der Waals surface area (Å²) in [5, 5.41) is 16.8. The van der Waals surface area contributed by atoms with Gasteiger partial charge in [-0.1, -0.05) is 0 Å². The zero-order valence-corrected chi connectivity index (χ0v) is 6.32. The van der Waals surface area contributed by atoms with Crippen LogP contribution < -0.4 is 0 Å². The van der Waals surface area contributed by atoms with E-state index in [1.165, 1.54) is 0 Å². The Morgan fingerprint density at radius 1 is 1.78 bits per heavy atom. The van der Waals surface area contributed by atoms with Crippen molar-refractivity contribution in [2.24, 2.45) is 0 Å². The molecule has 0 saturated carbocycles. The van der Waals surface area contributed by atoms with Crippen molar-refractivity contribution in [2.45, 2.75) is 18.9 Å². The minimum Gasteiger partial charge on any atom is -0.378 e. The number of aliphatic hydroxyl groups is 1. The van der Waals surface area contributed by atoms with Gasteiger partial charge in [-0.15, -0.1) is 0 Å². The fraction of sp³-hybridized carbons (Fsp3) is 0.833. The summed E-state index contributed by atoms with van der Waals surface area (Å²) in [4.78, 5) is 0. The van der Waals surface area contributed by atoms with Gasteiger partial charge in [0.15, 0.2) is 0 Å². The van der Waals surface area contributed by atoms with Gasteiger partial charge in [-0.05, 0) is 24.9 Å². The van der Waals surface area contributed by atoms with E-state index in [-0.39, 0.29) is 0 Å². The van der Waals surface area contributed by atoms with Gasteiger partial charge in [0.1, 0.15) is 6.10 Å². The third kappa shape index (κ3) is 5.67. The molecule has 9 heavy (non-hydrogen) atoms. The van der Waals surface area contributed by atoms with E-state index in [4.69, 9.17) is 10.4 Å². The molecule has 1 unspecified atom stereocenters. The minimum atomic E-state index is -0.753. The number of thioether (sulfide) groups is 1. The summed E-state index contributed by atoms with van der Waals surface area (Å²) >= 11 is 1.73. The lowest BCUT2D eigenvalue weighted by Crippen LogP contribution is -2.01. The van der Waals surface area contributed by atoms with Crippen LogP contribution in [0.3, 0.4) is 0 Å². The Labute approximate surface area is 59.9 Å². The molecule has 0 fully saturated rings. The fourth-order valence-corrected chi connectivity index (χ4v) is 0.941. The average Bonchev–Trinajstić information content (AvgIpc) is 1.89. The predicted molar refractivity (Wildman–Crippen MR) is 39.2 cm³/mol. The second-order valence-electron chi connectivity index (χ2n) is 1.78. The third-order valence-corrected chi connectivity index (χ3v) is 1.67. The zero-order chi connectivity index (χ0) is 7.11. The zero-order valence-electron chi connectivity index (χ0n) is 5.50. The van der Waals surface area contributed by atoms with Crippen molar-refractivity contribution in [2.75, 3.05) is 12.0 Å². The van der Waals surface area contributed by atoms with Crippen LogP contribution in [0.2, 0.25) is 0 Å². The summed E-state index contributed by atoms with van der Waals surface area (Å²) < 4.78 is 0. The van der Waals surface area contributed by atoms with Gasteiger partial charge in [-0.25, -0.2) is 0 Å². The summed E-state index contributed by atoms with van der Waals surface area (Å²) in [5.74, 6) is 1.03. The van der Waals surface area contributed by atoms with Gasteiger partial charge in [0.05, 0.1) is 6.07 Å². The third-order valence-electron chi connectivity index (χ3n) is 0.975. The van der Waals surface area contributed by atoms with Gasteiger partial charge in [0, 0.05) is 0 Å². The highest BCUT2D eigenvalue weighted by Crippen LogP contribution is 2.01. The molecule has 1 N–H and O–H groups in total. The quantitative estimate of drug-likeness (QED) is 0.474. The lowest BCUT2D eigenvalue weighted by atomic mass is 10.2. The maximum absolute atomic E-state index is 8.71. The molecule has 2 nitrogen and oxygen atoms in total. The van der Waals surface area contributed by atoms with Gasteiger partial charge in [0.2, 0.25) is 0 Å². The van der Waals surface area contributed by atoms with E-state index in [2.05, 4.69) is 0 Å². The van der Waals surface area contributed by atoms with Crippen LogP contribution in [0.4, 0.5) is 0 Å². The first-order chi connectivity index (χ1) is 4.31. The van der Waals surface area contributed by atoms with E-state index in [1.54, 1.807) is 17.8 Å². The highest BCUT2D eigenvalue weighted by atomic mass is 32.2. The van der Waals surface area contributed by atoms with E-state index < -0.39 is 6.10 Å². The largest absolute Gasteiger partial charge is 0.378 e. The Hall–Kier alpha value is -0.200. The number of aliphatic hydroxyl groups excluding tert-OH is 1. The lowest BCUT2D eigenvalue weighted by molar-refractivity contribution is 0.219. The van der Waals surface area contributed by atoms with Crippen LogP contribution in [-0.4, -0.2) is 23.2 Å². The first kappa shape index (κ1) is 8.80. The second kappa shape index (κ2) is 5.93. The smallest absolute Gasteiger partial charge is 0.140 e. The van der Waals surface area contributed by atoms with Crippen LogP contribution >= 0.6 is 11.8 Å². The summed E-state index contributed by atoms with van der Waals surface area (Å²) in [6.45, 7) is 0. The summed E-state index contributed by atoms with van der Waals surface area (Å²) in [7, 11) is 0. The van der Waals surface area contributed by atoms with Crippen molar-refractivity contribution in [3.63, 3.8) is 0 Å². The van der Waals surface area contributed by atoms with Crippen LogP contribution in [0, 0.1) is 11.3 Å². The monoisotopic (exact) mass is 145 g/mol. The molecule has 0 aliphatic heterocycles. The molecule has 0 spiro atoms. The van der Waals surface area contributed by atoms with Crippen molar-refractivity contribution in [3.8, 4) is 6.07 Å². The standard InChI is InChI=1S/C6H11NOS/c1-9-4-2-3-6(8)5-7/h6,8H,2-4H2,1H3. The Morgan fingerprint density at radius 3 is 2.89 bits per heavy atom. The molecule has 1 atom stereocenters. The normalized spacial score (nSPS) is 12.6. The van der Waals surface area contributed by atoms with Crippen molar-refractivity contribution in [3.05, 3.63) is 0 Å². The Morgan fingerprint density at radius 2 is 2.44 bits per heavy atom. The molecule has 0 saturated heterocycles. The van der Waals surface area contributed by atoms with Crippen LogP contribution in [0.25, 0.3) is 0 Å². The summed E-state index contributed by atoms with van der Waals surface area (Å²) in [6.07, 6.45) is 2.79. The topological polar surface area (TPSA) is 44.0 Å². The molecule has 0 radical (unpaired) electrons. The molecule has 0 aliphatic rings. The van der Waals surface area contributed by atoms with Gasteiger partial charge in [0.25, 0.3) is 0 Å². The molecule has 0 aliphatic carbocycles. The van der Waals surface area contributed by atoms with Crippen molar-refractivity contribution < 1.29 is 5.11 Å². The Kier molecular flexibility index (Phi) is 5.80. The first-order valence-electron chi connectivity index (χ1n) is 2.88. The molecule has 52 valence electrons. The fourth-order valence-electron chi connectivity index (χ4n) is 0.486. The molecule has 0 heterocycles. The van der Waals surface area contributed by atoms with Crippen molar-refractivity contribution >= 4 is 11.8 Å². The molecule has 0 bridgehead atoms. The molecule has 0 aromatic heterocycles. The molecular formula is C6H11NOS.